The first-order valence-corrected chi connectivity index (χ1v) is 6.04. The molecule has 0 saturated carbocycles. The van der Waals surface area contributed by atoms with Gasteiger partial charge in [0.1, 0.15) is 5.75 Å². The van der Waals surface area contributed by atoms with Crippen LogP contribution in [0.25, 0.3) is 0 Å². The largest absolute Gasteiger partial charge is 0.481 e. The van der Waals surface area contributed by atoms with Crippen molar-refractivity contribution < 1.29 is 19.0 Å². The third kappa shape index (κ3) is 2.85. The predicted octanol–water partition coefficient (Wildman–Crippen LogP) is 1.71. The standard InChI is InChI=1S/C13H17NO4/c1-3-6-14-13(15)9(2)18-10-4-5-11-12(7-10)17-8-16-11/h4-5,7,9H,3,6,8H2,1-2H3,(H,14,15). The van der Waals surface area contributed by atoms with Gasteiger partial charge in [-0.25, -0.2) is 0 Å². The van der Waals surface area contributed by atoms with Crippen molar-refractivity contribution in [2.45, 2.75) is 26.4 Å². The average molecular weight is 251 g/mol. The molecule has 0 bridgehead atoms. The van der Waals surface area contributed by atoms with Crippen molar-refractivity contribution in [1.29, 1.82) is 0 Å². The maximum Gasteiger partial charge on any atom is 0.260 e. The molecular formula is C13H17NO4. The van der Waals surface area contributed by atoms with Crippen LogP contribution >= 0.6 is 0 Å². The Kier molecular flexibility index (Phi) is 3.92. The van der Waals surface area contributed by atoms with E-state index in [4.69, 9.17) is 14.2 Å². The highest BCUT2D eigenvalue weighted by Crippen LogP contribution is 2.35. The molecule has 5 nitrogen and oxygen atoms in total. The number of rotatable bonds is 5. The third-order valence-electron chi connectivity index (χ3n) is 2.58. The maximum absolute atomic E-state index is 11.6. The lowest BCUT2D eigenvalue weighted by Crippen LogP contribution is -2.36. The highest BCUT2D eigenvalue weighted by atomic mass is 16.7. The van der Waals surface area contributed by atoms with Gasteiger partial charge in [0.05, 0.1) is 0 Å². The molecule has 1 aliphatic rings. The van der Waals surface area contributed by atoms with Crippen LogP contribution in [0.3, 0.4) is 0 Å². The molecule has 0 radical (unpaired) electrons. The number of fused-ring (bicyclic) bond motifs is 1. The number of benzene rings is 1. The van der Waals surface area contributed by atoms with Gasteiger partial charge >= 0.3 is 0 Å². The summed E-state index contributed by atoms with van der Waals surface area (Å²) in [6, 6.07) is 5.26. The molecule has 1 aromatic rings. The number of hydrogen-bond acceptors (Lipinski definition) is 4. The Bertz CT molecular complexity index is 433. The summed E-state index contributed by atoms with van der Waals surface area (Å²) >= 11 is 0. The summed E-state index contributed by atoms with van der Waals surface area (Å²) in [6.07, 6.45) is 0.375. The summed E-state index contributed by atoms with van der Waals surface area (Å²) in [7, 11) is 0. The summed E-state index contributed by atoms with van der Waals surface area (Å²) in [5.41, 5.74) is 0. The lowest BCUT2D eigenvalue weighted by molar-refractivity contribution is -0.127. The zero-order valence-electron chi connectivity index (χ0n) is 10.6. The summed E-state index contributed by atoms with van der Waals surface area (Å²) in [5.74, 6) is 1.83. The Morgan fingerprint density at radius 3 is 3.00 bits per heavy atom. The van der Waals surface area contributed by atoms with Crippen molar-refractivity contribution in [3.63, 3.8) is 0 Å². The molecule has 1 atom stereocenters. The van der Waals surface area contributed by atoms with Crippen molar-refractivity contribution in [3.05, 3.63) is 18.2 Å². The second-order valence-electron chi connectivity index (χ2n) is 4.07. The fourth-order valence-electron chi connectivity index (χ4n) is 1.60. The molecule has 0 aromatic heterocycles. The normalized spacial score (nSPS) is 14.1. The van der Waals surface area contributed by atoms with Gasteiger partial charge in [-0.2, -0.15) is 0 Å². The highest BCUT2D eigenvalue weighted by Gasteiger charge is 2.17. The second-order valence-corrected chi connectivity index (χ2v) is 4.07. The van der Waals surface area contributed by atoms with Crippen molar-refractivity contribution in [2.75, 3.05) is 13.3 Å². The van der Waals surface area contributed by atoms with E-state index in [-0.39, 0.29) is 12.7 Å². The Hall–Kier alpha value is -1.91. The predicted molar refractivity (Wildman–Crippen MR) is 66.0 cm³/mol. The van der Waals surface area contributed by atoms with Gasteiger partial charge in [0.25, 0.3) is 5.91 Å². The quantitative estimate of drug-likeness (QED) is 0.865. The minimum Gasteiger partial charge on any atom is -0.481 e. The van der Waals surface area contributed by atoms with Crippen LogP contribution in [-0.4, -0.2) is 25.3 Å². The summed E-state index contributed by atoms with van der Waals surface area (Å²) < 4.78 is 16.0. The topological polar surface area (TPSA) is 56.8 Å². The maximum atomic E-state index is 11.6. The lowest BCUT2D eigenvalue weighted by Gasteiger charge is -2.14. The molecule has 5 heteroatoms. The molecular weight excluding hydrogens is 234 g/mol. The fraction of sp³-hybridized carbons (Fsp3) is 0.462. The van der Waals surface area contributed by atoms with Crippen LogP contribution in [0.4, 0.5) is 0 Å². The number of nitrogens with one attached hydrogen (secondary N) is 1. The van der Waals surface area contributed by atoms with Crippen LogP contribution in [0, 0.1) is 0 Å². The Labute approximate surface area is 106 Å². The molecule has 1 aromatic carbocycles. The molecule has 0 aliphatic carbocycles. The molecule has 1 unspecified atom stereocenters. The smallest absolute Gasteiger partial charge is 0.260 e. The van der Waals surface area contributed by atoms with Gasteiger partial charge in [-0.05, 0) is 25.5 Å². The van der Waals surface area contributed by atoms with Crippen molar-refractivity contribution in [2.24, 2.45) is 0 Å². The number of hydrogen-bond donors (Lipinski definition) is 1. The van der Waals surface area contributed by atoms with Crippen molar-refractivity contribution >= 4 is 5.91 Å². The minimum atomic E-state index is -0.531. The molecule has 1 aliphatic heterocycles. The highest BCUT2D eigenvalue weighted by molar-refractivity contribution is 5.80. The molecule has 0 saturated heterocycles. The number of carbonyl (C=O) groups excluding carboxylic acids is 1. The van der Waals surface area contributed by atoms with Gasteiger partial charge in [0.15, 0.2) is 17.6 Å². The molecule has 1 heterocycles. The van der Waals surface area contributed by atoms with Crippen molar-refractivity contribution in [1.82, 2.24) is 5.32 Å². The van der Waals surface area contributed by atoms with E-state index in [9.17, 15) is 4.79 Å². The van der Waals surface area contributed by atoms with Gasteiger partial charge in [0.2, 0.25) is 6.79 Å². The zero-order valence-corrected chi connectivity index (χ0v) is 10.6. The van der Waals surface area contributed by atoms with Crippen LogP contribution in [0.2, 0.25) is 0 Å². The first kappa shape index (κ1) is 12.5. The van der Waals surface area contributed by atoms with Gasteiger partial charge in [-0.1, -0.05) is 6.92 Å². The van der Waals surface area contributed by atoms with Gasteiger partial charge < -0.3 is 19.5 Å². The zero-order chi connectivity index (χ0) is 13.0. The molecule has 18 heavy (non-hydrogen) atoms. The Morgan fingerprint density at radius 1 is 1.44 bits per heavy atom. The summed E-state index contributed by atoms with van der Waals surface area (Å²) in [6.45, 7) is 4.61. The lowest BCUT2D eigenvalue weighted by atomic mass is 10.3. The van der Waals surface area contributed by atoms with Gasteiger partial charge in [-0.3, -0.25) is 4.79 Å². The van der Waals surface area contributed by atoms with E-state index in [0.29, 0.717) is 23.8 Å². The second kappa shape index (κ2) is 5.62. The van der Waals surface area contributed by atoms with Crippen LogP contribution < -0.4 is 19.5 Å². The van der Waals surface area contributed by atoms with Crippen molar-refractivity contribution in [3.8, 4) is 17.2 Å². The van der Waals surface area contributed by atoms with E-state index in [1.807, 2.05) is 6.92 Å². The molecule has 98 valence electrons. The third-order valence-corrected chi connectivity index (χ3v) is 2.58. The Balaban J connectivity index is 1.94. The SMILES string of the molecule is CCCNC(=O)C(C)Oc1ccc2c(c1)OCO2. The minimum absolute atomic E-state index is 0.116. The van der Waals surface area contributed by atoms with Gasteiger partial charge in [0, 0.05) is 12.6 Å². The monoisotopic (exact) mass is 251 g/mol. The number of carbonyl (C=O) groups is 1. The van der Waals surface area contributed by atoms with E-state index >= 15 is 0 Å². The molecule has 1 amide bonds. The number of amides is 1. The first-order chi connectivity index (χ1) is 8.70. The molecule has 1 N–H and O–H groups in total. The van der Waals surface area contributed by atoms with Crippen LogP contribution in [0.1, 0.15) is 20.3 Å². The molecule has 0 spiro atoms. The van der Waals surface area contributed by atoms with E-state index < -0.39 is 6.10 Å². The van der Waals surface area contributed by atoms with Crippen LogP contribution in [0.5, 0.6) is 17.2 Å². The van der Waals surface area contributed by atoms with E-state index in [1.54, 1.807) is 25.1 Å². The first-order valence-electron chi connectivity index (χ1n) is 6.04. The summed E-state index contributed by atoms with van der Waals surface area (Å²) in [5, 5.41) is 2.78. The van der Waals surface area contributed by atoms with E-state index in [1.165, 1.54) is 0 Å². The molecule has 2 rings (SSSR count). The fourth-order valence-corrected chi connectivity index (χ4v) is 1.60. The molecule has 0 fully saturated rings. The summed E-state index contributed by atoms with van der Waals surface area (Å²) in [4.78, 5) is 11.6. The number of ether oxygens (including phenoxy) is 3. The van der Waals surface area contributed by atoms with E-state index in [2.05, 4.69) is 5.32 Å². The average Bonchev–Trinajstić information content (AvgIpc) is 2.83. The Morgan fingerprint density at radius 2 is 2.22 bits per heavy atom. The van der Waals surface area contributed by atoms with Gasteiger partial charge in [-0.15, -0.1) is 0 Å². The van der Waals surface area contributed by atoms with Crippen LogP contribution in [0.15, 0.2) is 18.2 Å². The van der Waals surface area contributed by atoms with Crippen LogP contribution in [-0.2, 0) is 4.79 Å². The van der Waals surface area contributed by atoms with E-state index in [0.717, 1.165) is 6.42 Å².